The first kappa shape index (κ1) is 15.2. The number of anilines is 1. The van der Waals surface area contributed by atoms with Crippen molar-refractivity contribution in [1.29, 1.82) is 0 Å². The van der Waals surface area contributed by atoms with Crippen LogP contribution in [0.1, 0.15) is 36.4 Å². The minimum absolute atomic E-state index is 0.0169. The maximum absolute atomic E-state index is 11.8. The SMILES string of the molecule is CC(=O)Nc1ccc(C(=O)NC(C)CCC(=O)O)s1. The summed E-state index contributed by atoms with van der Waals surface area (Å²) in [5.74, 6) is -1.34. The molecule has 0 aromatic carbocycles. The van der Waals surface area contributed by atoms with Gasteiger partial charge in [-0.25, -0.2) is 0 Å². The first-order valence-electron chi connectivity index (χ1n) is 5.78. The quantitative estimate of drug-likeness (QED) is 0.740. The number of hydrogen-bond donors (Lipinski definition) is 3. The van der Waals surface area contributed by atoms with Crippen LogP contribution in [0.3, 0.4) is 0 Å². The number of carbonyl (C=O) groups is 3. The third-order valence-corrected chi connectivity index (χ3v) is 3.30. The number of carboxylic acid groups (broad SMARTS) is 1. The lowest BCUT2D eigenvalue weighted by Crippen LogP contribution is -2.32. The highest BCUT2D eigenvalue weighted by Crippen LogP contribution is 2.21. The van der Waals surface area contributed by atoms with Gasteiger partial charge in [0.2, 0.25) is 5.91 Å². The molecule has 1 atom stereocenters. The Balaban J connectivity index is 2.51. The second kappa shape index (κ2) is 6.89. The van der Waals surface area contributed by atoms with Crippen molar-refractivity contribution in [2.75, 3.05) is 5.32 Å². The third kappa shape index (κ3) is 5.52. The Morgan fingerprint density at radius 3 is 2.63 bits per heavy atom. The van der Waals surface area contributed by atoms with E-state index in [1.165, 1.54) is 18.3 Å². The van der Waals surface area contributed by atoms with Gasteiger partial charge in [0.25, 0.3) is 5.91 Å². The van der Waals surface area contributed by atoms with Crippen molar-refractivity contribution < 1.29 is 19.5 Å². The van der Waals surface area contributed by atoms with E-state index in [4.69, 9.17) is 5.11 Å². The fourth-order valence-corrected chi connectivity index (χ4v) is 2.26. The molecule has 0 bridgehead atoms. The monoisotopic (exact) mass is 284 g/mol. The van der Waals surface area contributed by atoms with Gasteiger partial charge in [-0.3, -0.25) is 14.4 Å². The van der Waals surface area contributed by atoms with E-state index in [0.717, 1.165) is 0 Å². The van der Waals surface area contributed by atoms with Gasteiger partial charge in [0.1, 0.15) is 0 Å². The van der Waals surface area contributed by atoms with Crippen LogP contribution >= 0.6 is 11.3 Å². The summed E-state index contributed by atoms with van der Waals surface area (Å²) >= 11 is 1.18. The van der Waals surface area contributed by atoms with Crippen molar-refractivity contribution >= 4 is 34.1 Å². The zero-order valence-electron chi connectivity index (χ0n) is 10.7. The largest absolute Gasteiger partial charge is 0.481 e. The molecule has 1 aromatic rings. The Morgan fingerprint density at radius 1 is 1.37 bits per heavy atom. The van der Waals surface area contributed by atoms with E-state index in [-0.39, 0.29) is 24.3 Å². The van der Waals surface area contributed by atoms with E-state index in [1.807, 2.05) is 0 Å². The molecule has 2 amide bonds. The van der Waals surface area contributed by atoms with Crippen molar-refractivity contribution in [1.82, 2.24) is 5.32 Å². The number of thiophene rings is 1. The molecule has 0 radical (unpaired) electrons. The van der Waals surface area contributed by atoms with Crippen LogP contribution < -0.4 is 10.6 Å². The molecule has 0 aliphatic carbocycles. The van der Waals surface area contributed by atoms with E-state index in [9.17, 15) is 14.4 Å². The van der Waals surface area contributed by atoms with Crippen LogP contribution in [0.4, 0.5) is 5.00 Å². The number of carboxylic acids is 1. The summed E-state index contributed by atoms with van der Waals surface area (Å²) in [6.07, 6.45) is 0.397. The normalized spacial score (nSPS) is 11.7. The Kier molecular flexibility index (Phi) is 5.50. The molecule has 6 nitrogen and oxygen atoms in total. The molecule has 1 unspecified atom stereocenters. The number of nitrogens with one attached hydrogen (secondary N) is 2. The van der Waals surface area contributed by atoms with Crippen LogP contribution in [0.15, 0.2) is 12.1 Å². The molecule has 19 heavy (non-hydrogen) atoms. The highest BCUT2D eigenvalue weighted by atomic mass is 32.1. The fraction of sp³-hybridized carbons (Fsp3) is 0.417. The maximum Gasteiger partial charge on any atom is 0.303 e. The molecule has 0 fully saturated rings. The van der Waals surface area contributed by atoms with E-state index in [0.29, 0.717) is 16.3 Å². The summed E-state index contributed by atoms with van der Waals surface area (Å²) in [5.41, 5.74) is 0. The molecular formula is C12H16N2O4S. The molecule has 0 aliphatic heterocycles. The van der Waals surface area contributed by atoms with Gasteiger partial charge < -0.3 is 15.7 Å². The Bertz CT molecular complexity index is 484. The molecule has 0 saturated heterocycles. The third-order valence-electron chi connectivity index (χ3n) is 2.30. The first-order chi connectivity index (χ1) is 8.88. The molecule has 0 spiro atoms. The van der Waals surface area contributed by atoms with Gasteiger partial charge in [-0.15, -0.1) is 11.3 Å². The van der Waals surface area contributed by atoms with Crippen LogP contribution in [-0.4, -0.2) is 28.9 Å². The van der Waals surface area contributed by atoms with Crippen molar-refractivity contribution in [3.05, 3.63) is 17.0 Å². The van der Waals surface area contributed by atoms with Crippen molar-refractivity contribution in [3.63, 3.8) is 0 Å². The molecule has 0 aliphatic rings. The zero-order chi connectivity index (χ0) is 14.4. The number of aliphatic carboxylic acids is 1. The number of hydrogen-bond acceptors (Lipinski definition) is 4. The van der Waals surface area contributed by atoms with Crippen LogP contribution in [0.2, 0.25) is 0 Å². The van der Waals surface area contributed by atoms with Crippen LogP contribution in [-0.2, 0) is 9.59 Å². The Hall–Kier alpha value is -1.89. The predicted octanol–water partition coefficient (Wildman–Crippen LogP) is 1.69. The second-order valence-electron chi connectivity index (χ2n) is 4.15. The zero-order valence-corrected chi connectivity index (χ0v) is 11.5. The lowest BCUT2D eigenvalue weighted by Gasteiger charge is -2.11. The summed E-state index contributed by atoms with van der Waals surface area (Å²) in [6.45, 7) is 3.15. The van der Waals surface area contributed by atoms with Crippen molar-refractivity contribution in [2.24, 2.45) is 0 Å². The van der Waals surface area contributed by atoms with Gasteiger partial charge in [0.15, 0.2) is 0 Å². The maximum atomic E-state index is 11.8. The Labute approximate surface area is 114 Å². The topological polar surface area (TPSA) is 95.5 Å². The Morgan fingerprint density at radius 2 is 2.05 bits per heavy atom. The van der Waals surface area contributed by atoms with Gasteiger partial charge in [0.05, 0.1) is 9.88 Å². The van der Waals surface area contributed by atoms with Crippen LogP contribution in [0.25, 0.3) is 0 Å². The summed E-state index contributed by atoms with van der Waals surface area (Å²) in [6, 6.07) is 3.06. The number of rotatable bonds is 6. The van der Waals surface area contributed by atoms with Crippen molar-refractivity contribution in [2.45, 2.75) is 32.7 Å². The summed E-state index contributed by atoms with van der Waals surface area (Å²) in [5, 5.41) is 14.5. The predicted molar refractivity (Wildman–Crippen MR) is 72.4 cm³/mol. The van der Waals surface area contributed by atoms with Gasteiger partial charge in [-0.1, -0.05) is 0 Å². The molecule has 1 aromatic heterocycles. The van der Waals surface area contributed by atoms with E-state index in [1.54, 1.807) is 19.1 Å². The van der Waals surface area contributed by atoms with Crippen molar-refractivity contribution in [3.8, 4) is 0 Å². The summed E-state index contributed by atoms with van der Waals surface area (Å²) < 4.78 is 0. The van der Waals surface area contributed by atoms with E-state index < -0.39 is 5.97 Å². The fourth-order valence-electron chi connectivity index (χ4n) is 1.41. The summed E-state index contributed by atoms with van der Waals surface area (Å²) in [7, 11) is 0. The number of carbonyl (C=O) groups excluding carboxylic acids is 2. The molecule has 1 rings (SSSR count). The molecule has 104 valence electrons. The number of amides is 2. The molecule has 7 heteroatoms. The van der Waals surface area contributed by atoms with Gasteiger partial charge in [0, 0.05) is 19.4 Å². The van der Waals surface area contributed by atoms with Gasteiger partial charge in [-0.2, -0.15) is 0 Å². The molecule has 3 N–H and O–H groups in total. The minimum Gasteiger partial charge on any atom is -0.481 e. The van der Waals surface area contributed by atoms with Crippen LogP contribution in [0.5, 0.6) is 0 Å². The van der Waals surface area contributed by atoms with Gasteiger partial charge in [-0.05, 0) is 25.5 Å². The van der Waals surface area contributed by atoms with E-state index in [2.05, 4.69) is 10.6 Å². The average molecular weight is 284 g/mol. The highest BCUT2D eigenvalue weighted by molar-refractivity contribution is 7.18. The molecule has 1 heterocycles. The smallest absolute Gasteiger partial charge is 0.303 e. The minimum atomic E-state index is -0.884. The lowest BCUT2D eigenvalue weighted by molar-refractivity contribution is -0.137. The second-order valence-corrected chi connectivity index (χ2v) is 5.24. The molecular weight excluding hydrogens is 268 g/mol. The van der Waals surface area contributed by atoms with Gasteiger partial charge >= 0.3 is 5.97 Å². The van der Waals surface area contributed by atoms with E-state index >= 15 is 0 Å². The summed E-state index contributed by atoms with van der Waals surface area (Å²) in [4.78, 5) is 33.6. The lowest BCUT2D eigenvalue weighted by atomic mass is 10.2. The highest BCUT2D eigenvalue weighted by Gasteiger charge is 2.13. The first-order valence-corrected chi connectivity index (χ1v) is 6.60. The average Bonchev–Trinajstić information content (AvgIpc) is 2.74. The van der Waals surface area contributed by atoms with Crippen LogP contribution in [0, 0.1) is 0 Å². The molecule has 0 saturated carbocycles. The standard InChI is InChI=1S/C12H16N2O4S/c1-7(3-6-11(16)17)13-12(18)9-4-5-10(19-9)14-8(2)15/h4-5,7H,3,6H2,1-2H3,(H,13,18)(H,14,15)(H,16,17).